The lowest BCUT2D eigenvalue weighted by Crippen LogP contribution is -2.46. The highest BCUT2D eigenvalue weighted by Gasteiger charge is 2.43. The molecule has 0 amide bonds. The lowest BCUT2D eigenvalue weighted by atomic mass is 9.75. The molecule has 28 heavy (non-hydrogen) atoms. The van der Waals surface area contributed by atoms with Crippen molar-refractivity contribution >= 4 is 0 Å². The van der Waals surface area contributed by atoms with Crippen molar-refractivity contribution in [3.63, 3.8) is 0 Å². The monoisotopic (exact) mass is 373 g/mol. The molecule has 0 saturated heterocycles. The number of benzene rings is 3. The fourth-order valence-electron chi connectivity index (χ4n) is 4.15. The summed E-state index contributed by atoms with van der Waals surface area (Å²) < 4.78 is 6.25. The first kappa shape index (κ1) is 18.7. The Bertz CT molecular complexity index is 862. The summed E-state index contributed by atoms with van der Waals surface area (Å²) >= 11 is 0. The van der Waals surface area contributed by atoms with E-state index >= 15 is 0 Å². The molecule has 0 bridgehead atoms. The lowest BCUT2D eigenvalue weighted by Gasteiger charge is -2.41. The number of aliphatic hydroxyl groups excluding tert-OH is 1. The van der Waals surface area contributed by atoms with Crippen LogP contribution in [-0.2, 0) is 5.54 Å². The molecule has 0 aliphatic carbocycles. The molecule has 0 atom stereocenters. The zero-order valence-corrected chi connectivity index (χ0v) is 16.1. The molecule has 0 fully saturated rings. The number of hydrogen-bond donors (Lipinski definition) is 2. The summed E-state index contributed by atoms with van der Waals surface area (Å²) in [5.74, 6) is 1.80. The van der Waals surface area contributed by atoms with Gasteiger partial charge >= 0.3 is 0 Å². The Kier molecular flexibility index (Phi) is 5.75. The Labute approximate surface area is 167 Å². The topological polar surface area (TPSA) is 41.5 Å². The second-order valence-electron chi connectivity index (χ2n) is 7.28. The van der Waals surface area contributed by atoms with Gasteiger partial charge in [-0.1, -0.05) is 79.6 Å². The van der Waals surface area contributed by atoms with Crippen molar-refractivity contribution < 1.29 is 9.84 Å². The van der Waals surface area contributed by atoms with E-state index in [0.29, 0.717) is 0 Å². The smallest absolute Gasteiger partial charge is 0.133 e. The van der Waals surface area contributed by atoms with Crippen LogP contribution < -0.4 is 10.1 Å². The molecule has 1 heterocycles. The number of para-hydroxylation sites is 2. The van der Waals surface area contributed by atoms with Gasteiger partial charge in [0.15, 0.2) is 0 Å². The molecule has 144 valence electrons. The average Bonchev–Trinajstić information content (AvgIpc) is 2.76. The van der Waals surface area contributed by atoms with Crippen molar-refractivity contribution in [1.82, 2.24) is 5.32 Å². The van der Waals surface area contributed by atoms with Crippen LogP contribution in [0.1, 0.15) is 42.4 Å². The second kappa shape index (κ2) is 8.59. The summed E-state index contributed by atoms with van der Waals surface area (Å²) in [6, 6.07) is 27.3. The maximum atomic E-state index is 9.01. The molecular formula is C25H27NO2. The molecular weight excluding hydrogens is 346 g/mol. The van der Waals surface area contributed by atoms with Gasteiger partial charge in [-0.05, 0) is 37.1 Å². The molecule has 3 aromatic carbocycles. The number of hydrogen-bond acceptors (Lipinski definition) is 3. The predicted molar refractivity (Wildman–Crippen MR) is 113 cm³/mol. The van der Waals surface area contributed by atoms with Gasteiger partial charge in [-0.15, -0.1) is 0 Å². The SMILES string of the molecule is OCCCCCCNC1(c2ccccc2)c2ccccc2Oc2ccccc21. The molecule has 0 unspecified atom stereocenters. The molecule has 3 nitrogen and oxygen atoms in total. The van der Waals surface area contributed by atoms with E-state index in [1.165, 1.54) is 5.56 Å². The normalized spacial score (nSPS) is 14.0. The number of rotatable bonds is 8. The van der Waals surface area contributed by atoms with Gasteiger partial charge in [-0.2, -0.15) is 0 Å². The molecule has 1 aliphatic heterocycles. The number of aliphatic hydroxyl groups is 1. The first-order chi connectivity index (χ1) is 13.9. The minimum Gasteiger partial charge on any atom is -0.457 e. The highest BCUT2D eigenvalue weighted by Crippen LogP contribution is 2.49. The van der Waals surface area contributed by atoms with Crippen LogP contribution in [0.3, 0.4) is 0 Å². The number of ether oxygens (including phenoxy) is 1. The molecule has 0 saturated carbocycles. The summed E-state index contributed by atoms with van der Waals surface area (Å²) in [6.07, 6.45) is 4.12. The van der Waals surface area contributed by atoms with Crippen LogP contribution in [0.4, 0.5) is 0 Å². The number of unbranched alkanes of at least 4 members (excludes halogenated alkanes) is 3. The first-order valence-electron chi connectivity index (χ1n) is 10.1. The maximum absolute atomic E-state index is 9.01. The summed E-state index contributed by atoms with van der Waals surface area (Å²) in [4.78, 5) is 0. The predicted octanol–water partition coefficient (Wildman–Crippen LogP) is 5.23. The van der Waals surface area contributed by atoms with E-state index in [-0.39, 0.29) is 6.61 Å². The van der Waals surface area contributed by atoms with Crippen LogP contribution in [0.2, 0.25) is 0 Å². The van der Waals surface area contributed by atoms with Gasteiger partial charge in [0.05, 0.1) is 0 Å². The Morgan fingerprint density at radius 2 is 1.25 bits per heavy atom. The second-order valence-corrected chi connectivity index (χ2v) is 7.28. The van der Waals surface area contributed by atoms with Crippen molar-refractivity contribution in [3.05, 3.63) is 95.6 Å². The van der Waals surface area contributed by atoms with E-state index < -0.39 is 5.54 Å². The van der Waals surface area contributed by atoms with Gasteiger partial charge in [0.2, 0.25) is 0 Å². The van der Waals surface area contributed by atoms with Crippen molar-refractivity contribution in [1.29, 1.82) is 0 Å². The Hall–Kier alpha value is -2.62. The van der Waals surface area contributed by atoms with Gasteiger partial charge in [0, 0.05) is 17.7 Å². The molecule has 3 aromatic rings. The van der Waals surface area contributed by atoms with Crippen molar-refractivity contribution in [3.8, 4) is 11.5 Å². The van der Waals surface area contributed by atoms with Crippen LogP contribution in [0, 0.1) is 0 Å². The van der Waals surface area contributed by atoms with E-state index in [2.05, 4.69) is 59.9 Å². The first-order valence-corrected chi connectivity index (χ1v) is 10.1. The third-order valence-electron chi connectivity index (χ3n) is 5.48. The van der Waals surface area contributed by atoms with E-state index in [9.17, 15) is 0 Å². The highest BCUT2D eigenvalue weighted by molar-refractivity contribution is 5.62. The van der Waals surface area contributed by atoms with Crippen molar-refractivity contribution in [2.75, 3.05) is 13.2 Å². The summed E-state index contributed by atoms with van der Waals surface area (Å²) in [6.45, 7) is 1.17. The third-order valence-corrected chi connectivity index (χ3v) is 5.48. The molecule has 0 radical (unpaired) electrons. The molecule has 1 aliphatic rings. The quantitative estimate of drug-likeness (QED) is 0.532. The highest BCUT2D eigenvalue weighted by atomic mass is 16.5. The minimum absolute atomic E-state index is 0.277. The van der Waals surface area contributed by atoms with Gasteiger partial charge in [0.1, 0.15) is 17.0 Å². The average molecular weight is 373 g/mol. The largest absolute Gasteiger partial charge is 0.457 e. The fourth-order valence-corrected chi connectivity index (χ4v) is 4.15. The molecule has 0 aromatic heterocycles. The summed E-state index contributed by atoms with van der Waals surface area (Å²) in [7, 11) is 0. The van der Waals surface area contributed by atoms with E-state index in [4.69, 9.17) is 9.84 Å². The van der Waals surface area contributed by atoms with Crippen LogP contribution in [-0.4, -0.2) is 18.3 Å². The van der Waals surface area contributed by atoms with Gasteiger partial charge in [-0.3, -0.25) is 5.32 Å². The summed E-state index contributed by atoms with van der Waals surface area (Å²) in [5.41, 5.74) is 3.07. The van der Waals surface area contributed by atoms with Crippen LogP contribution in [0.15, 0.2) is 78.9 Å². The molecule has 4 rings (SSSR count). The Morgan fingerprint density at radius 3 is 1.89 bits per heavy atom. The zero-order chi connectivity index (χ0) is 19.2. The maximum Gasteiger partial charge on any atom is 0.133 e. The Morgan fingerprint density at radius 1 is 0.679 bits per heavy atom. The van der Waals surface area contributed by atoms with E-state index in [0.717, 1.165) is 54.9 Å². The van der Waals surface area contributed by atoms with Crippen LogP contribution in [0.25, 0.3) is 0 Å². The van der Waals surface area contributed by atoms with Crippen LogP contribution in [0.5, 0.6) is 11.5 Å². The number of fused-ring (bicyclic) bond motifs is 2. The zero-order valence-electron chi connectivity index (χ0n) is 16.1. The standard InChI is InChI=1S/C25H27NO2/c27-19-11-2-1-10-18-26-25(20-12-4-3-5-13-20)21-14-6-8-16-23(21)28-24-17-9-7-15-22(24)25/h3-9,12-17,26-27H,1-2,10-11,18-19H2. The molecule has 0 spiro atoms. The van der Waals surface area contributed by atoms with Crippen molar-refractivity contribution in [2.45, 2.75) is 31.2 Å². The molecule has 2 N–H and O–H groups in total. The minimum atomic E-state index is -0.441. The lowest BCUT2D eigenvalue weighted by molar-refractivity contribution is 0.282. The van der Waals surface area contributed by atoms with E-state index in [1.54, 1.807) is 0 Å². The van der Waals surface area contributed by atoms with Gasteiger partial charge < -0.3 is 9.84 Å². The van der Waals surface area contributed by atoms with Gasteiger partial charge in [0.25, 0.3) is 0 Å². The van der Waals surface area contributed by atoms with E-state index in [1.807, 2.05) is 24.3 Å². The Balaban J connectivity index is 1.77. The summed E-state index contributed by atoms with van der Waals surface area (Å²) in [5, 5.41) is 12.9. The van der Waals surface area contributed by atoms with Gasteiger partial charge in [-0.25, -0.2) is 0 Å². The van der Waals surface area contributed by atoms with Crippen molar-refractivity contribution in [2.24, 2.45) is 0 Å². The fraction of sp³-hybridized carbons (Fsp3) is 0.280. The molecule has 3 heteroatoms. The number of nitrogens with one attached hydrogen (secondary N) is 1. The van der Waals surface area contributed by atoms with Crippen LogP contribution >= 0.6 is 0 Å². The third kappa shape index (κ3) is 3.44.